The second kappa shape index (κ2) is 6.08. The lowest BCUT2D eigenvalue weighted by Gasteiger charge is -2.23. The van der Waals surface area contributed by atoms with Gasteiger partial charge in [0.25, 0.3) is 0 Å². The molecule has 1 heterocycles. The van der Waals surface area contributed by atoms with Gasteiger partial charge >= 0.3 is 5.97 Å². The van der Waals surface area contributed by atoms with E-state index in [0.717, 1.165) is 30.2 Å². The minimum atomic E-state index is -0.758. The van der Waals surface area contributed by atoms with Crippen LogP contribution in [-0.4, -0.2) is 21.7 Å². The molecule has 4 nitrogen and oxygen atoms in total. The summed E-state index contributed by atoms with van der Waals surface area (Å²) in [6.45, 7) is 1.93. The van der Waals surface area contributed by atoms with E-state index in [4.69, 9.17) is 5.73 Å². The third-order valence-corrected chi connectivity index (χ3v) is 4.33. The number of nitrogens with zero attached hydrogens (tertiary/aromatic N) is 1. The number of para-hydroxylation sites is 1. The Morgan fingerprint density at radius 3 is 2.86 bits per heavy atom. The van der Waals surface area contributed by atoms with Crippen molar-refractivity contribution in [2.45, 2.75) is 44.7 Å². The van der Waals surface area contributed by atoms with Gasteiger partial charge in [0, 0.05) is 22.6 Å². The summed E-state index contributed by atoms with van der Waals surface area (Å²) in [6.07, 6.45) is 3.24. The van der Waals surface area contributed by atoms with Gasteiger partial charge in [-0.25, -0.2) is 4.79 Å². The third kappa shape index (κ3) is 2.54. The number of halogens is 1. The smallest absolute Gasteiger partial charge is 0.326 e. The highest BCUT2D eigenvalue weighted by molar-refractivity contribution is 5.88. The lowest BCUT2D eigenvalue weighted by molar-refractivity contribution is -0.140. The Morgan fingerprint density at radius 2 is 2.19 bits per heavy atom. The van der Waals surface area contributed by atoms with Crippen LogP contribution in [0.2, 0.25) is 0 Å². The maximum absolute atomic E-state index is 11.6. The molecule has 0 saturated carbocycles. The van der Waals surface area contributed by atoms with Crippen LogP contribution in [0.15, 0.2) is 24.3 Å². The number of fused-ring (bicyclic) bond motifs is 3. The van der Waals surface area contributed by atoms with Crippen LogP contribution in [0.5, 0.6) is 0 Å². The van der Waals surface area contributed by atoms with Crippen molar-refractivity contribution in [3.05, 3.63) is 35.5 Å². The molecule has 3 N–H and O–H groups in total. The standard InChI is InChI=1S/C16H20N2O2.ClH/c1-2-13(16(19)20)18-14-6-4-3-5-11(14)12-9-10(17)7-8-15(12)18;/h3-6,10,13H,2,7-9,17H2,1H3,(H,19,20);1H/t10-,13?;/m1./s1. The molecule has 0 radical (unpaired) electrons. The molecule has 5 heteroatoms. The second-order valence-corrected chi connectivity index (χ2v) is 5.58. The average Bonchev–Trinajstić information content (AvgIpc) is 2.74. The SMILES string of the molecule is CCC(C(=O)O)n1c2c(c3ccccc31)C[C@H](N)CC2.Cl. The Hall–Kier alpha value is -1.52. The third-order valence-electron chi connectivity index (χ3n) is 4.33. The lowest BCUT2D eigenvalue weighted by Crippen LogP contribution is -2.29. The summed E-state index contributed by atoms with van der Waals surface area (Å²) in [7, 11) is 0. The van der Waals surface area contributed by atoms with E-state index >= 15 is 0 Å². The lowest BCUT2D eigenvalue weighted by atomic mass is 9.92. The van der Waals surface area contributed by atoms with Crippen LogP contribution in [-0.2, 0) is 17.6 Å². The summed E-state index contributed by atoms with van der Waals surface area (Å²) in [4.78, 5) is 11.6. The number of carbonyl (C=O) groups is 1. The fourth-order valence-electron chi connectivity index (χ4n) is 3.39. The molecular formula is C16H21ClN2O2. The first-order chi connectivity index (χ1) is 9.63. The van der Waals surface area contributed by atoms with Gasteiger partial charge in [-0.2, -0.15) is 0 Å². The van der Waals surface area contributed by atoms with E-state index in [1.165, 1.54) is 11.3 Å². The molecule has 0 bridgehead atoms. The van der Waals surface area contributed by atoms with E-state index in [0.29, 0.717) is 6.42 Å². The summed E-state index contributed by atoms with van der Waals surface area (Å²) < 4.78 is 2.03. The molecule has 1 aromatic carbocycles. The quantitative estimate of drug-likeness (QED) is 0.916. The topological polar surface area (TPSA) is 68.2 Å². The van der Waals surface area contributed by atoms with Crippen LogP contribution in [0, 0.1) is 0 Å². The average molecular weight is 309 g/mol. The molecular weight excluding hydrogens is 288 g/mol. The number of benzene rings is 1. The molecule has 1 aliphatic rings. The number of aromatic nitrogens is 1. The van der Waals surface area contributed by atoms with Gasteiger partial charge in [-0.3, -0.25) is 0 Å². The van der Waals surface area contributed by atoms with Crippen molar-refractivity contribution in [1.82, 2.24) is 4.57 Å². The number of hydrogen-bond donors (Lipinski definition) is 2. The number of aliphatic carboxylic acids is 1. The van der Waals surface area contributed by atoms with E-state index in [1.807, 2.05) is 29.7 Å². The van der Waals surface area contributed by atoms with E-state index in [9.17, 15) is 9.90 Å². The van der Waals surface area contributed by atoms with Gasteiger partial charge in [0.15, 0.2) is 0 Å². The Balaban J connectivity index is 0.00000161. The Labute approximate surface area is 130 Å². The van der Waals surface area contributed by atoms with Crippen LogP contribution in [0.25, 0.3) is 10.9 Å². The molecule has 0 fully saturated rings. The molecule has 0 spiro atoms. The zero-order chi connectivity index (χ0) is 14.3. The number of carboxylic acids is 1. The molecule has 2 aromatic rings. The predicted molar refractivity (Wildman–Crippen MR) is 86.2 cm³/mol. The minimum absolute atomic E-state index is 0. The highest BCUT2D eigenvalue weighted by Crippen LogP contribution is 2.35. The van der Waals surface area contributed by atoms with E-state index in [1.54, 1.807) is 0 Å². The normalized spacial score (nSPS) is 18.9. The summed E-state index contributed by atoms with van der Waals surface area (Å²) in [6, 6.07) is 7.78. The van der Waals surface area contributed by atoms with Crippen molar-refractivity contribution in [2.24, 2.45) is 5.73 Å². The molecule has 1 aliphatic carbocycles. The first-order valence-corrected chi connectivity index (χ1v) is 7.22. The van der Waals surface area contributed by atoms with Gasteiger partial charge in [0.05, 0.1) is 0 Å². The van der Waals surface area contributed by atoms with Crippen LogP contribution in [0.1, 0.15) is 37.1 Å². The van der Waals surface area contributed by atoms with Gasteiger partial charge < -0.3 is 15.4 Å². The number of nitrogens with two attached hydrogens (primary N) is 1. The van der Waals surface area contributed by atoms with Crippen molar-refractivity contribution in [3.8, 4) is 0 Å². The molecule has 114 valence electrons. The first kappa shape index (κ1) is 15.9. The van der Waals surface area contributed by atoms with Gasteiger partial charge in [-0.15, -0.1) is 12.4 Å². The van der Waals surface area contributed by atoms with Crippen LogP contribution < -0.4 is 5.73 Å². The fraction of sp³-hybridized carbons (Fsp3) is 0.438. The highest BCUT2D eigenvalue weighted by Gasteiger charge is 2.28. The molecule has 0 saturated heterocycles. The largest absolute Gasteiger partial charge is 0.480 e. The Kier molecular flexibility index (Phi) is 4.59. The van der Waals surface area contributed by atoms with Crippen molar-refractivity contribution >= 4 is 29.3 Å². The number of hydrogen-bond acceptors (Lipinski definition) is 2. The number of carboxylic acid groups (broad SMARTS) is 1. The molecule has 21 heavy (non-hydrogen) atoms. The molecule has 0 aliphatic heterocycles. The summed E-state index contributed by atoms with van der Waals surface area (Å²) in [5.74, 6) is -0.758. The van der Waals surface area contributed by atoms with Crippen LogP contribution in [0.4, 0.5) is 0 Å². The molecule has 0 amide bonds. The second-order valence-electron chi connectivity index (χ2n) is 5.58. The minimum Gasteiger partial charge on any atom is -0.480 e. The van der Waals surface area contributed by atoms with E-state index < -0.39 is 12.0 Å². The van der Waals surface area contributed by atoms with Gasteiger partial charge in [-0.1, -0.05) is 25.1 Å². The van der Waals surface area contributed by atoms with Crippen molar-refractivity contribution in [1.29, 1.82) is 0 Å². The van der Waals surface area contributed by atoms with Crippen LogP contribution in [0.3, 0.4) is 0 Å². The molecule has 1 aromatic heterocycles. The fourth-order valence-corrected chi connectivity index (χ4v) is 3.39. The zero-order valence-corrected chi connectivity index (χ0v) is 12.9. The van der Waals surface area contributed by atoms with Crippen molar-refractivity contribution in [2.75, 3.05) is 0 Å². The van der Waals surface area contributed by atoms with Crippen molar-refractivity contribution in [3.63, 3.8) is 0 Å². The summed E-state index contributed by atoms with van der Waals surface area (Å²) >= 11 is 0. The monoisotopic (exact) mass is 308 g/mol. The molecule has 3 rings (SSSR count). The predicted octanol–water partition coefficient (Wildman–Crippen LogP) is 2.91. The summed E-state index contributed by atoms with van der Waals surface area (Å²) in [5.41, 5.74) is 9.54. The maximum atomic E-state index is 11.6. The summed E-state index contributed by atoms with van der Waals surface area (Å²) in [5, 5.41) is 10.7. The van der Waals surface area contributed by atoms with Gasteiger partial charge in [0.1, 0.15) is 6.04 Å². The van der Waals surface area contributed by atoms with Crippen molar-refractivity contribution < 1.29 is 9.90 Å². The highest BCUT2D eigenvalue weighted by atomic mass is 35.5. The maximum Gasteiger partial charge on any atom is 0.326 e. The molecule has 2 atom stereocenters. The van der Waals surface area contributed by atoms with E-state index in [-0.39, 0.29) is 18.4 Å². The van der Waals surface area contributed by atoms with Gasteiger partial charge in [0.2, 0.25) is 0 Å². The molecule has 1 unspecified atom stereocenters. The zero-order valence-electron chi connectivity index (χ0n) is 12.1. The van der Waals surface area contributed by atoms with Gasteiger partial charge in [-0.05, 0) is 37.3 Å². The Bertz CT molecular complexity index is 666. The van der Waals surface area contributed by atoms with Crippen LogP contribution >= 0.6 is 12.4 Å². The Morgan fingerprint density at radius 1 is 1.48 bits per heavy atom. The van der Waals surface area contributed by atoms with E-state index in [2.05, 4.69) is 6.07 Å². The number of rotatable bonds is 3. The first-order valence-electron chi connectivity index (χ1n) is 7.22.